The second-order valence-electron chi connectivity index (χ2n) is 4.99. The summed E-state index contributed by atoms with van der Waals surface area (Å²) in [5, 5.41) is 10.4. The van der Waals surface area contributed by atoms with Crippen LogP contribution in [0.5, 0.6) is 0 Å². The Labute approximate surface area is 109 Å². The van der Waals surface area contributed by atoms with Crippen molar-refractivity contribution in [1.82, 2.24) is 0 Å². The lowest BCUT2D eigenvalue weighted by Gasteiger charge is -2.35. The van der Waals surface area contributed by atoms with Gasteiger partial charge in [0.15, 0.2) is 0 Å². The third kappa shape index (κ3) is 3.27. The van der Waals surface area contributed by atoms with Crippen LogP contribution in [0.2, 0.25) is 0 Å². The van der Waals surface area contributed by atoms with E-state index in [9.17, 15) is 9.50 Å². The molecule has 0 saturated heterocycles. The van der Waals surface area contributed by atoms with Gasteiger partial charge in [0, 0.05) is 16.9 Å². The average Bonchev–Trinajstić information content (AvgIpc) is 2.22. The van der Waals surface area contributed by atoms with Gasteiger partial charge in [-0.25, -0.2) is 4.39 Å². The molecule has 1 fully saturated rings. The van der Waals surface area contributed by atoms with E-state index in [2.05, 4.69) is 15.9 Å². The monoisotopic (exact) mass is 301 g/mol. The van der Waals surface area contributed by atoms with Gasteiger partial charge in [-0.15, -0.1) is 0 Å². The van der Waals surface area contributed by atoms with Crippen molar-refractivity contribution in [2.45, 2.75) is 43.7 Å². The van der Waals surface area contributed by atoms with Crippen LogP contribution in [-0.4, -0.2) is 16.7 Å². The molecule has 1 aliphatic carbocycles. The highest BCUT2D eigenvalue weighted by atomic mass is 79.9. The van der Waals surface area contributed by atoms with Crippen LogP contribution in [-0.2, 0) is 6.42 Å². The van der Waals surface area contributed by atoms with Gasteiger partial charge in [-0.2, -0.15) is 0 Å². The normalized spacial score (nSPS) is 29.3. The summed E-state index contributed by atoms with van der Waals surface area (Å²) in [4.78, 5) is 0. The number of nitrogens with two attached hydrogens (primary N) is 1. The molecule has 17 heavy (non-hydrogen) atoms. The number of benzene rings is 1. The minimum Gasteiger partial charge on any atom is -0.389 e. The summed E-state index contributed by atoms with van der Waals surface area (Å²) in [7, 11) is 0. The fourth-order valence-electron chi connectivity index (χ4n) is 2.57. The first-order chi connectivity index (χ1) is 7.98. The highest BCUT2D eigenvalue weighted by Crippen LogP contribution is 2.31. The van der Waals surface area contributed by atoms with E-state index in [1.807, 2.05) is 0 Å². The van der Waals surface area contributed by atoms with E-state index in [-0.39, 0.29) is 11.9 Å². The molecule has 0 radical (unpaired) electrons. The maximum atomic E-state index is 13.7. The molecule has 2 nitrogen and oxygen atoms in total. The van der Waals surface area contributed by atoms with Crippen molar-refractivity contribution in [3.63, 3.8) is 0 Å². The van der Waals surface area contributed by atoms with Crippen LogP contribution in [0.25, 0.3) is 0 Å². The number of rotatable bonds is 2. The first kappa shape index (κ1) is 13.0. The number of halogens is 2. The largest absolute Gasteiger partial charge is 0.389 e. The lowest BCUT2D eigenvalue weighted by molar-refractivity contribution is -0.00257. The van der Waals surface area contributed by atoms with Crippen molar-refractivity contribution in [3.8, 4) is 0 Å². The lowest BCUT2D eigenvalue weighted by atomic mass is 9.78. The Morgan fingerprint density at radius 3 is 2.94 bits per heavy atom. The van der Waals surface area contributed by atoms with Gasteiger partial charge in [0.2, 0.25) is 0 Å². The number of aliphatic hydroxyl groups is 1. The van der Waals surface area contributed by atoms with E-state index in [1.165, 1.54) is 6.07 Å². The first-order valence-electron chi connectivity index (χ1n) is 5.90. The molecule has 1 aliphatic rings. The highest BCUT2D eigenvalue weighted by molar-refractivity contribution is 9.10. The highest BCUT2D eigenvalue weighted by Gasteiger charge is 2.33. The lowest BCUT2D eigenvalue weighted by Crippen LogP contribution is -2.42. The molecule has 1 aromatic rings. The Hall–Kier alpha value is -0.450. The summed E-state index contributed by atoms with van der Waals surface area (Å²) < 4.78 is 14.4. The molecule has 0 aromatic heterocycles. The van der Waals surface area contributed by atoms with Crippen LogP contribution >= 0.6 is 15.9 Å². The Balaban J connectivity index is 2.14. The maximum Gasteiger partial charge on any atom is 0.127 e. The maximum absolute atomic E-state index is 13.7. The fraction of sp³-hybridized carbons (Fsp3) is 0.538. The van der Waals surface area contributed by atoms with Gasteiger partial charge in [0.05, 0.1) is 5.60 Å². The van der Waals surface area contributed by atoms with Gasteiger partial charge in [0.25, 0.3) is 0 Å². The fourth-order valence-corrected chi connectivity index (χ4v) is 2.90. The Bertz CT molecular complexity index is 412. The Morgan fingerprint density at radius 2 is 2.29 bits per heavy atom. The summed E-state index contributed by atoms with van der Waals surface area (Å²) in [6, 6.07) is 4.98. The van der Waals surface area contributed by atoms with Gasteiger partial charge in [0.1, 0.15) is 5.82 Å². The van der Waals surface area contributed by atoms with Crippen molar-refractivity contribution in [2.75, 3.05) is 0 Å². The van der Waals surface area contributed by atoms with Gasteiger partial charge in [-0.05, 0) is 43.4 Å². The predicted molar refractivity (Wildman–Crippen MR) is 69.2 cm³/mol. The van der Waals surface area contributed by atoms with Crippen LogP contribution < -0.4 is 5.73 Å². The van der Waals surface area contributed by atoms with Gasteiger partial charge < -0.3 is 10.8 Å². The smallest absolute Gasteiger partial charge is 0.127 e. The topological polar surface area (TPSA) is 46.2 Å². The molecule has 2 atom stereocenters. The van der Waals surface area contributed by atoms with Crippen molar-refractivity contribution >= 4 is 15.9 Å². The molecule has 1 saturated carbocycles. The molecule has 0 aliphatic heterocycles. The molecule has 1 aromatic carbocycles. The van der Waals surface area contributed by atoms with E-state index in [0.717, 1.165) is 12.8 Å². The van der Waals surface area contributed by atoms with E-state index < -0.39 is 5.60 Å². The van der Waals surface area contributed by atoms with Crippen LogP contribution in [0.4, 0.5) is 4.39 Å². The molecular weight excluding hydrogens is 285 g/mol. The zero-order valence-corrected chi connectivity index (χ0v) is 11.2. The van der Waals surface area contributed by atoms with Crippen molar-refractivity contribution < 1.29 is 9.50 Å². The Kier molecular flexibility index (Phi) is 3.85. The molecule has 4 heteroatoms. The molecule has 2 rings (SSSR count). The van der Waals surface area contributed by atoms with Gasteiger partial charge >= 0.3 is 0 Å². The summed E-state index contributed by atoms with van der Waals surface area (Å²) in [6.45, 7) is 0. The minimum absolute atomic E-state index is 0.0345. The van der Waals surface area contributed by atoms with Gasteiger partial charge in [-0.1, -0.05) is 22.0 Å². The van der Waals surface area contributed by atoms with E-state index >= 15 is 0 Å². The van der Waals surface area contributed by atoms with Crippen LogP contribution in [0.15, 0.2) is 22.7 Å². The molecular formula is C13H17BrFNO. The quantitative estimate of drug-likeness (QED) is 0.882. The zero-order valence-electron chi connectivity index (χ0n) is 9.63. The predicted octanol–water partition coefficient (Wildman–Crippen LogP) is 2.76. The summed E-state index contributed by atoms with van der Waals surface area (Å²) in [5.41, 5.74) is 5.58. The molecule has 3 N–H and O–H groups in total. The first-order valence-corrected chi connectivity index (χ1v) is 6.70. The van der Waals surface area contributed by atoms with Crippen molar-refractivity contribution in [2.24, 2.45) is 5.73 Å². The van der Waals surface area contributed by atoms with E-state index in [4.69, 9.17) is 5.73 Å². The van der Waals surface area contributed by atoms with E-state index in [1.54, 1.807) is 12.1 Å². The number of hydrogen-bond donors (Lipinski definition) is 2. The summed E-state index contributed by atoms with van der Waals surface area (Å²) in [6.07, 6.45) is 3.47. The minimum atomic E-state index is -0.841. The molecule has 0 heterocycles. The van der Waals surface area contributed by atoms with Crippen LogP contribution in [0, 0.1) is 5.82 Å². The zero-order chi connectivity index (χ0) is 12.5. The molecule has 0 bridgehead atoms. The number of hydrogen-bond acceptors (Lipinski definition) is 2. The third-order valence-corrected chi connectivity index (χ3v) is 3.89. The van der Waals surface area contributed by atoms with Crippen LogP contribution in [0.1, 0.15) is 31.2 Å². The average molecular weight is 302 g/mol. The second-order valence-corrected chi connectivity index (χ2v) is 5.91. The van der Waals surface area contributed by atoms with Crippen LogP contribution in [0.3, 0.4) is 0 Å². The Morgan fingerprint density at radius 1 is 1.53 bits per heavy atom. The third-order valence-electron chi connectivity index (χ3n) is 3.39. The molecule has 0 spiro atoms. The van der Waals surface area contributed by atoms with Crippen molar-refractivity contribution in [3.05, 3.63) is 34.1 Å². The second kappa shape index (κ2) is 5.04. The SMILES string of the molecule is NC1CCCC(O)(Cc2ccc(Br)cc2F)C1. The molecule has 0 amide bonds. The van der Waals surface area contributed by atoms with Gasteiger partial charge in [-0.3, -0.25) is 0 Å². The summed E-state index contributed by atoms with van der Waals surface area (Å²) >= 11 is 3.22. The van der Waals surface area contributed by atoms with E-state index in [0.29, 0.717) is 29.3 Å². The molecule has 94 valence electrons. The molecule has 2 unspecified atom stereocenters. The van der Waals surface area contributed by atoms with Crippen molar-refractivity contribution in [1.29, 1.82) is 0 Å². The summed E-state index contributed by atoms with van der Waals surface area (Å²) in [5.74, 6) is -0.271. The standard InChI is InChI=1S/C13H17BrFNO/c14-10-4-3-9(12(15)6-10)7-13(17)5-1-2-11(16)8-13/h3-4,6,11,17H,1-2,5,7-8,16H2.